The zero-order valence-electron chi connectivity index (χ0n) is 13.6. The minimum atomic E-state index is 0.0154. The predicted octanol–water partition coefficient (Wildman–Crippen LogP) is 3.28. The van der Waals surface area contributed by atoms with Gasteiger partial charge in [-0.25, -0.2) is 0 Å². The van der Waals surface area contributed by atoms with Crippen LogP contribution in [-0.4, -0.2) is 16.4 Å². The Morgan fingerprint density at radius 2 is 2.00 bits per heavy atom. The maximum absolute atomic E-state index is 5.99. The van der Waals surface area contributed by atoms with Crippen LogP contribution in [0.1, 0.15) is 48.0 Å². The van der Waals surface area contributed by atoms with Crippen molar-refractivity contribution in [2.24, 2.45) is 5.73 Å². The second-order valence-corrected chi connectivity index (χ2v) is 5.54. The van der Waals surface area contributed by atoms with Crippen LogP contribution >= 0.6 is 0 Å². The Balaban J connectivity index is 2.40. The van der Waals surface area contributed by atoms with Gasteiger partial charge in [-0.05, 0) is 57.9 Å². The van der Waals surface area contributed by atoms with Crippen molar-refractivity contribution in [1.82, 2.24) is 9.78 Å². The largest absolute Gasteiger partial charge is 0.494 e. The van der Waals surface area contributed by atoms with Crippen molar-refractivity contribution in [2.75, 3.05) is 6.61 Å². The molecule has 0 radical (unpaired) electrons. The second-order valence-electron chi connectivity index (χ2n) is 5.54. The number of rotatable bonds is 5. The fourth-order valence-corrected chi connectivity index (χ4v) is 2.40. The normalized spacial score (nSPS) is 12.5. The summed E-state index contributed by atoms with van der Waals surface area (Å²) in [5.41, 5.74) is 11.8. The third-order valence-electron chi connectivity index (χ3n) is 3.97. The quantitative estimate of drug-likeness (QED) is 0.918. The molecule has 0 spiro atoms. The van der Waals surface area contributed by atoms with Crippen LogP contribution in [0.3, 0.4) is 0 Å². The molecule has 1 atom stereocenters. The van der Waals surface area contributed by atoms with E-state index in [-0.39, 0.29) is 6.04 Å². The zero-order chi connectivity index (χ0) is 15.6. The molecule has 0 saturated heterocycles. The van der Waals surface area contributed by atoms with Crippen LogP contribution in [0.5, 0.6) is 5.75 Å². The summed E-state index contributed by atoms with van der Waals surface area (Å²) in [6, 6.07) is 6.19. The number of ether oxygens (including phenoxy) is 1. The van der Waals surface area contributed by atoms with Gasteiger partial charge < -0.3 is 10.5 Å². The molecule has 114 valence electrons. The van der Waals surface area contributed by atoms with Gasteiger partial charge in [0, 0.05) is 17.3 Å². The van der Waals surface area contributed by atoms with Crippen molar-refractivity contribution in [1.29, 1.82) is 0 Å². The molecule has 0 bridgehead atoms. The maximum atomic E-state index is 5.99. The highest BCUT2D eigenvalue weighted by Gasteiger charge is 2.12. The highest BCUT2D eigenvalue weighted by atomic mass is 16.5. The standard InChI is InChI=1S/C17H25N3O/c1-6-21-17-8-7-15(12(3)18)9-16(17)10-20-14(5)11(2)13(4)19-20/h7-9,12H,6,10,18H2,1-5H3. The minimum Gasteiger partial charge on any atom is -0.494 e. The third kappa shape index (κ3) is 3.27. The van der Waals surface area contributed by atoms with Gasteiger partial charge >= 0.3 is 0 Å². The Labute approximate surface area is 126 Å². The van der Waals surface area contributed by atoms with E-state index in [0.29, 0.717) is 13.2 Å². The van der Waals surface area contributed by atoms with Gasteiger partial charge in [0.15, 0.2) is 0 Å². The number of hydrogen-bond donors (Lipinski definition) is 1. The van der Waals surface area contributed by atoms with Crippen molar-refractivity contribution >= 4 is 0 Å². The lowest BCUT2D eigenvalue weighted by atomic mass is 10.0. The lowest BCUT2D eigenvalue weighted by molar-refractivity contribution is 0.335. The molecule has 2 N–H and O–H groups in total. The Kier molecular flexibility index (Phi) is 4.68. The number of aryl methyl sites for hydroxylation is 1. The van der Waals surface area contributed by atoms with Gasteiger partial charge in [-0.15, -0.1) is 0 Å². The van der Waals surface area contributed by atoms with Crippen molar-refractivity contribution in [3.8, 4) is 5.75 Å². The highest BCUT2D eigenvalue weighted by molar-refractivity contribution is 5.39. The van der Waals surface area contributed by atoms with E-state index in [0.717, 1.165) is 22.6 Å². The van der Waals surface area contributed by atoms with Gasteiger partial charge in [-0.2, -0.15) is 5.10 Å². The van der Waals surface area contributed by atoms with E-state index in [2.05, 4.69) is 25.0 Å². The summed E-state index contributed by atoms with van der Waals surface area (Å²) in [4.78, 5) is 0. The third-order valence-corrected chi connectivity index (χ3v) is 3.97. The number of benzene rings is 1. The van der Waals surface area contributed by atoms with Crippen LogP contribution in [0.4, 0.5) is 0 Å². The molecule has 4 heteroatoms. The first-order chi connectivity index (χ1) is 9.93. The fraction of sp³-hybridized carbons (Fsp3) is 0.471. The Hall–Kier alpha value is -1.81. The first kappa shape index (κ1) is 15.6. The molecular formula is C17H25N3O. The molecule has 1 aromatic heterocycles. The summed E-state index contributed by atoms with van der Waals surface area (Å²) >= 11 is 0. The molecule has 1 aromatic carbocycles. The smallest absolute Gasteiger partial charge is 0.124 e. The van der Waals surface area contributed by atoms with Crippen LogP contribution < -0.4 is 10.5 Å². The molecule has 0 amide bonds. The molecule has 0 fully saturated rings. The topological polar surface area (TPSA) is 53.1 Å². The van der Waals surface area contributed by atoms with Crippen LogP contribution in [0.15, 0.2) is 18.2 Å². The van der Waals surface area contributed by atoms with E-state index in [1.54, 1.807) is 0 Å². The molecule has 4 nitrogen and oxygen atoms in total. The highest BCUT2D eigenvalue weighted by Crippen LogP contribution is 2.25. The summed E-state index contributed by atoms with van der Waals surface area (Å²) in [5, 5.41) is 4.61. The van der Waals surface area contributed by atoms with Gasteiger partial charge in [-0.3, -0.25) is 4.68 Å². The molecule has 0 aliphatic rings. The van der Waals surface area contributed by atoms with E-state index in [1.165, 1.54) is 11.3 Å². The summed E-state index contributed by atoms with van der Waals surface area (Å²) in [7, 11) is 0. The summed E-state index contributed by atoms with van der Waals surface area (Å²) in [6.45, 7) is 11.6. The molecule has 1 heterocycles. The second kappa shape index (κ2) is 6.31. The number of nitrogens with zero attached hydrogens (tertiary/aromatic N) is 2. The first-order valence-corrected chi connectivity index (χ1v) is 7.45. The van der Waals surface area contributed by atoms with Gasteiger partial charge in [0.05, 0.1) is 18.8 Å². The van der Waals surface area contributed by atoms with Crippen LogP contribution in [0.2, 0.25) is 0 Å². The van der Waals surface area contributed by atoms with Gasteiger partial charge in [0.1, 0.15) is 5.75 Å². The van der Waals surface area contributed by atoms with Crippen molar-refractivity contribution in [3.63, 3.8) is 0 Å². The SMILES string of the molecule is CCOc1ccc(C(C)N)cc1Cn1nc(C)c(C)c1C. The summed E-state index contributed by atoms with van der Waals surface area (Å²) < 4.78 is 7.77. The van der Waals surface area contributed by atoms with Crippen LogP contribution in [0.25, 0.3) is 0 Å². The number of aromatic nitrogens is 2. The number of nitrogens with two attached hydrogens (primary N) is 1. The molecular weight excluding hydrogens is 262 g/mol. The Bertz CT molecular complexity index is 629. The summed E-state index contributed by atoms with van der Waals surface area (Å²) in [6.07, 6.45) is 0. The molecule has 1 unspecified atom stereocenters. The monoisotopic (exact) mass is 287 g/mol. The molecule has 2 aromatic rings. The molecule has 0 aliphatic carbocycles. The van der Waals surface area contributed by atoms with Crippen LogP contribution in [-0.2, 0) is 6.54 Å². The van der Waals surface area contributed by atoms with Gasteiger partial charge in [0.2, 0.25) is 0 Å². The average Bonchev–Trinajstić information content (AvgIpc) is 2.68. The lowest BCUT2D eigenvalue weighted by Crippen LogP contribution is -2.10. The van der Waals surface area contributed by atoms with E-state index in [4.69, 9.17) is 10.5 Å². The minimum absolute atomic E-state index is 0.0154. The van der Waals surface area contributed by atoms with Crippen molar-refractivity contribution in [2.45, 2.75) is 47.2 Å². The van der Waals surface area contributed by atoms with Crippen molar-refractivity contribution < 1.29 is 4.74 Å². The van der Waals surface area contributed by atoms with Crippen LogP contribution in [0, 0.1) is 20.8 Å². The lowest BCUT2D eigenvalue weighted by Gasteiger charge is -2.15. The summed E-state index contributed by atoms with van der Waals surface area (Å²) in [5.74, 6) is 0.909. The predicted molar refractivity (Wildman–Crippen MR) is 85.8 cm³/mol. The fourth-order valence-electron chi connectivity index (χ4n) is 2.40. The Morgan fingerprint density at radius 3 is 2.52 bits per heavy atom. The van der Waals surface area contributed by atoms with Gasteiger partial charge in [-0.1, -0.05) is 6.07 Å². The molecule has 21 heavy (non-hydrogen) atoms. The van der Waals surface area contributed by atoms with E-state index in [1.807, 2.05) is 37.6 Å². The van der Waals surface area contributed by atoms with E-state index >= 15 is 0 Å². The van der Waals surface area contributed by atoms with E-state index < -0.39 is 0 Å². The molecule has 0 saturated carbocycles. The maximum Gasteiger partial charge on any atom is 0.124 e. The molecule has 2 rings (SSSR count). The zero-order valence-corrected chi connectivity index (χ0v) is 13.6. The van der Waals surface area contributed by atoms with Gasteiger partial charge in [0.25, 0.3) is 0 Å². The average molecular weight is 287 g/mol. The molecule has 0 aliphatic heterocycles. The number of hydrogen-bond acceptors (Lipinski definition) is 3. The first-order valence-electron chi connectivity index (χ1n) is 7.45. The van der Waals surface area contributed by atoms with Crippen molar-refractivity contribution in [3.05, 3.63) is 46.3 Å². The Morgan fingerprint density at radius 1 is 1.29 bits per heavy atom. The van der Waals surface area contributed by atoms with E-state index in [9.17, 15) is 0 Å².